The average molecular weight is 229 g/mol. The highest BCUT2D eigenvalue weighted by molar-refractivity contribution is 6.32. The third kappa shape index (κ3) is 4.06. The van der Waals surface area contributed by atoms with Gasteiger partial charge in [0, 0.05) is 12.7 Å². The zero-order valence-corrected chi connectivity index (χ0v) is 9.88. The van der Waals surface area contributed by atoms with Crippen molar-refractivity contribution in [3.63, 3.8) is 0 Å². The van der Waals surface area contributed by atoms with Crippen molar-refractivity contribution in [3.05, 3.63) is 23.4 Å². The fraction of sp³-hybridized carbons (Fsp3) is 0.545. The first-order valence-corrected chi connectivity index (χ1v) is 5.50. The van der Waals surface area contributed by atoms with Crippen molar-refractivity contribution in [2.75, 3.05) is 11.9 Å². The predicted octanol–water partition coefficient (Wildman–Crippen LogP) is 2.70. The standard InChI is InChI=1S/C11H17ClN2O/c1-3-6-11(2,15)8-14-10-9(12)5-4-7-13-10/h4-5,7,15H,3,6,8H2,1-2H3,(H,13,14). The Bertz CT molecular complexity index is 315. The zero-order valence-electron chi connectivity index (χ0n) is 9.13. The van der Waals surface area contributed by atoms with Gasteiger partial charge in [-0.3, -0.25) is 0 Å². The second kappa shape index (κ2) is 5.33. The van der Waals surface area contributed by atoms with E-state index in [-0.39, 0.29) is 0 Å². The largest absolute Gasteiger partial charge is 0.388 e. The van der Waals surface area contributed by atoms with Gasteiger partial charge in [-0.05, 0) is 25.5 Å². The molecule has 0 aliphatic rings. The van der Waals surface area contributed by atoms with Gasteiger partial charge in [0.15, 0.2) is 0 Å². The highest BCUT2D eigenvalue weighted by Crippen LogP contribution is 2.19. The monoisotopic (exact) mass is 228 g/mol. The summed E-state index contributed by atoms with van der Waals surface area (Å²) in [7, 11) is 0. The number of hydrogen-bond acceptors (Lipinski definition) is 3. The summed E-state index contributed by atoms with van der Waals surface area (Å²) >= 11 is 5.92. The van der Waals surface area contributed by atoms with E-state index in [4.69, 9.17) is 11.6 Å². The van der Waals surface area contributed by atoms with E-state index in [0.29, 0.717) is 17.4 Å². The summed E-state index contributed by atoms with van der Waals surface area (Å²) in [6.45, 7) is 4.31. The highest BCUT2D eigenvalue weighted by atomic mass is 35.5. The van der Waals surface area contributed by atoms with Crippen molar-refractivity contribution < 1.29 is 5.11 Å². The zero-order chi connectivity index (χ0) is 11.3. The second-order valence-corrected chi connectivity index (χ2v) is 4.34. The van der Waals surface area contributed by atoms with Gasteiger partial charge in [0.2, 0.25) is 0 Å². The summed E-state index contributed by atoms with van der Waals surface area (Å²) in [6.07, 6.45) is 3.37. The molecule has 1 unspecified atom stereocenters. The third-order valence-electron chi connectivity index (χ3n) is 2.18. The molecule has 1 atom stereocenters. The molecule has 0 aromatic carbocycles. The van der Waals surface area contributed by atoms with Crippen LogP contribution < -0.4 is 5.32 Å². The van der Waals surface area contributed by atoms with E-state index >= 15 is 0 Å². The molecule has 0 saturated heterocycles. The molecule has 0 aliphatic heterocycles. The lowest BCUT2D eigenvalue weighted by Crippen LogP contribution is -2.33. The Balaban J connectivity index is 2.53. The molecule has 0 aliphatic carbocycles. The van der Waals surface area contributed by atoms with E-state index in [1.165, 1.54) is 0 Å². The van der Waals surface area contributed by atoms with Crippen molar-refractivity contribution in [1.82, 2.24) is 4.98 Å². The third-order valence-corrected chi connectivity index (χ3v) is 2.49. The van der Waals surface area contributed by atoms with Gasteiger partial charge >= 0.3 is 0 Å². The Kier molecular flexibility index (Phi) is 4.36. The van der Waals surface area contributed by atoms with Gasteiger partial charge in [0.05, 0.1) is 10.6 Å². The van der Waals surface area contributed by atoms with Crippen LogP contribution in [0, 0.1) is 0 Å². The first-order valence-electron chi connectivity index (χ1n) is 5.12. The van der Waals surface area contributed by atoms with Crippen molar-refractivity contribution in [1.29, 1.82) is 0 Å². The van der Waals surface area contributed by atoms with Crippen LogP contribution in [0.1, 0.15) is 26.7 Å². The van der Waals surface area contributed by atoms with Crippen LogP contribution in [0.3, 0.4) is 0 Å². The average Bonchev–Trinajstić information content (AvgIpc) is 2.16. The maximum Gasteiger partial charge on any atom is 0.144 e. The molecule has 0 bridgehead atoms. The molecule has 0 amide bonds. The van der Waals surface area contributed by atoms with Gasteiger partial charge in [-0.15, -0.1) is 0 Å². The van der Waals surface area contributed by atoms with E-state index in [1.807, 2.05) is 6.92 Å². The molecular formula is C11H17ClN2O. The van der Waals surface area contributed by atoms with Crippen LogP contribution in [0.25, 0.3) is 0 Å². The maximum absolute atomic E-state index is 9.93. The van der Waals surface area contributed by atoms with Crippen LogP contribution in [0.15, 0.2) is 18.3 Å². The molecule has 1 heterocycles. The molecule has 84 valence electrons. The minimum Gasteiger partial charge on any atom is -0.388 e. The Morgan fingerprint density at radius 1 is 1.60 bits per heavy atom. The van der Waals surface area contributed by atoms with Crippen LogP contribution in [0.2, 0.25) is 5.02 Å². The van der Waals surface area contributed by atoms with Crippen molar-refractivity contribution in [2.45, 2.75) is 32.3 Å². The molecule has 15 heavy (non-hydrogen) atoms. The van der Waals surface area contributed by atoms with E-state index in [2.05, 4.69) is 10.3 Å². The van der Waals surface area contributed by atoms with Gasteiger partial charge in [-0.2, -0.15) is 0 Å². The number of nitrogens with one attached hydrogen (secondary N) is 1. The van der Waals surface area contributed by atoms with Crippen LogP contribution in [0.4, 0.5) is 5.82 Å². The molecule has 4 heteroatoms. The molecular weight excluding hydrogens is 212 g/mol. The molecule has 1 aromatic rings. The Morgan fingerprint density at radius 2 is 2.33 bits per heavy atom. The van der Waals surface area contributed by atoms with Gasteiger partial charge < -0.3 is 10.4 Å². The summed E-state index contributed by atoms with van der Waals surface area (Å²) in [4.78, 5) is 4.09. The fourth-order valence-electron chi connectivity index (χ4n) is 1.42. The molecule has 2 N–H and O–H groups in total. The number of halogens is 1. The fourth-order valence-corrected chi connectivity index (χ4v) is 1.61. The summed E-state index contributed by atoms with van der Waals surface area (Å²) in [6, 6.07) is 3.54. The molecule has 0 saturated carbocycles. The maximum atomic E-state index is 9.93. The Labute approximate surface area is 95.5 Å². The minimum atomic E-state index is -0.713. The number of aromatic nitrogens is 1. The van der Waals surface area contributed by atoms with Gasteiger partial charge in [0.25, 0.3) is 0 Å². The lowest BCUT2D eigenvalue weighted by atomic mass is 10.0. The number of nitrogens with zero attached hydrogens (tertiary/aromatic N) is 1. The molecule has 0 fully saturated rings. The van der Waals surface area contributed by atoms with Crippen LogP contribution in [0.5, 0.6) is 0 Å². The second-order valence-electron chi connectivity index (χ2n) is 3.93. The SMILES string of the molecule is CCCC(C)(O)CNc1ncccc1Cl. The van der Waals surface area contributed by atoms with E-state index < -0.39 is 5.60 Å². The molecule has 0 radical (unpaired) electrons. The Morgan fingerprint density at radius 3 is 2.93 bits per heavy atom. The summed E-state index contributed by atoms with van der Waals surface area (Å²) < 4.78 is 0. The Hall–Kier alpha value is -0.800. The van der Waals surface area contributed by atoms with Crippen molar-refractivity contribution >= 4 is 17.4 Å². The molecule has 3 nitrogen and oxygen atoms in total. The number of aliphatic hydroxyl groups is 1. The summed E-state index contributed by atoms with van der Waals surface area (Å²) in [5.41, 5.74) is -0.713. The number of rotatable bonds is 5. The molecule has 1 rings (SSSR count). The van der Waals surface area contributed by atoms with Gasteiger partial charge in [0.1, 0.15) is 5.82 Å². The normalized spacial score (nSPS) is 14.7. The van der Waals surface area contributed by atoms with E-state index in [0.717, 1.165) is 12.8 Å². The number of hydrogen-bond donors (Lipinski definition) is 2. The lowest BCUT2D eigenvalue weighted by Gasteiger charge is -2.23. The van der Waals surface area contributed by atoms with Crippen LogP contribution in [-0.2, 0) is 0 Å². The lowest BCUT2D eigenvalue weighted by molar-refractivity contribution is 0.0636. The quantitative estimate of drug-likeness (QED) is 0.815. The first kappa shape index (κ1) is 12.3. The van der Waals surface area contributed by atoms with Crippen LogP contribution in [-0.4, -0.2) is 22.2 Å². The minimum absolute atomic E-state index is 0.456. The van der Waals surface area contributed by atoms with Gasteiger partial charge in [-0.25, -0.2) is 4.98 Å². The predicted molar refractivity (Wildman–Crippen MR) is 63.3 cm³/mol. The van der Waals surface area contributed by atoms with Gasteiger partial charge in [-0.1, -0.05) is 24.9 Å². The van der Waals surface area contributed by atoms with E-state index in [9.17, 15) is 5.11 Å². The van der Waals surface area contributed by atoms with Crippen LogP contribution >= 0.6 is 11.6 Å². The topological polar surface area (TPSA) is 45.1 Å². The summed E-state index contributed by atoms with van der Waals surface area (Å²) in [5, 5.41) is 13.6. The molecule has 0 spiro atoms. The molecule has 1 aromatic heterocycles. The summed E-state index contributed by atoms with van der Waals surface area (Å²) in [5.74, 6) is 0.621. The first-order chi connectivity index (χ1) is 7.05. The van der Waals surface area contributed by atoms with Crippen molar-refractivity contribution in [2.24, 2.45) is 0 Å². The van der Waals surface area contributed by atoms with Crippen molar-refractivity contribution in [3.8, 4) is 0 Å². The highest BCUT2D eigenvalue weighted by Gasteiger charge is 2.19. The number of pyridine rings is 1. The van der Waals surface area contributed by atoms with E-state index in [1.54, 1.807) is 25.3 Å². The number of anilines is 1. The smallest absolute Gasteiger partial charge is 0.144 e.